The topological polar surface area (TPSA) is 48.1 Å². The molecule has 0 spiro atoms. The number of methoxy groups -OCH3 is 1. The molecule has 0 saturated carbocycles. The first-order valence-corrected chi connectivity index (χ1v) is 5.05. The number of aromatic nitrogens is 1. The maximum absolute atomic E-state index is 5.62. The van der Waals surface area contributed by atoms with Gasteiger partial charge in [0.2, 0.25) is 0 Å². The minimum atomic E-state index is 0.0276. The Morgan fingerprint density at radius 2 is 2.29 bits per heavy atom. The Balaban J connectivity index is 3.05. The maximum Gasteiger partial charge on any atom is 0.145 e. The van der Waals surface area contributed by atoms with Crippen molar-refractivity contribution in [2.75, 3.05) is 7.11 Å². The van der Waals surface area contributed by atoms with Crippen LogP contribution in [-0.4, -0.2) is 18.1 Å². The molecule has 0 bridgehead atoms. The molecule has 1 atom stereocenters. The van der Waals surface area contributed by atoms with Crippen LogP contribution < -0.4 is 10.5 Å². The summed E-state index contributed by atoms with van der Waals surface area (Å²) >= 11 is 3.40. The van der Waals surface area contributed by atoms with Gasteiger partial charge in [0.05, 0.1) is 13.3 Å². The Bertz CT molecular complexity index is 337. The van der Waals surface area contributed by atoms with E-state index in [0.717, 1.165) is 15.8 Å². The maximum atomic E-state index is 5.62. The lowest BCUT2D eigenvalue weighted by Gasteiger charge is -2.05. The number of nitrogens with two attached hydrogens (primary N) is 1. The van der Waals surface area contributed by atoms with Crippen molar-refractivity contribution in [2.24, 2.45) is 5.73 Å². The number of ether oxygens (including phenoxy) is 1. The number of nitrogens with zero attached hydrogens (tertiary/aromatic N) is 1. The van der Waals surface area contributed by atoms with Crippen molar-refractivity contribution >= 4 is 22.0 Å². The molecule has 1 unspecified atom stereocenters. The van der Waals surface area contributed by atoms with Gasteiger partial charge in [0, 0.05) is 22.3 Å². The van der Waals surface area contributed by atoms with Gasteiger partial charge in [0.15, 0.2) is 0 Å². The van der Waals surface area contributed by atoms with Gasteiger partial charge >= 0.3 is 0 Å². The molecule has 1 aromatic rings. The van der Waals surface area contributed by atoms with Crippen molar-refractivity contribution in [3.8, 4) is 5.75 Å². The monoisotopic (exact) mass is 256 g/mol. The van der Waals surface area contributed by atoms with Crippen LogP contribution in [-0.2, 0) is 0 Å². The highest BCUT2D eigenvalue weighted by atomic mass is 79.9. The van der Waals surface area contributed by atoms with Crippen LogP contribution in [0, 0.1) is 0 Å². The molecule has 0 saturated heterocycles. The normalized spacial score (nSPS) is 13.1. The molecule has 0 amide bonds. The zero-order valence-electron chi connectivity index (χ0n) is 8.20. The summed E-state index contributed by atoms with van der Waals surface area (Å²) in [7, 11) is 1.62. The fraction of sp³-hybridized carbons (Fsp3) is 0.300. The van der Waals surface area contributed by atoms with E-state index in [0.29, 0.717) is 0 Å². The molecule has 0 aliphatic carbocycles. The molecule has 0 radical (unpaired) electrons. The van der Waals surface area contributed by atoms with Crippen LogP contribution in [0.5, 0.6) is 5.75 Å². The Labute approximate surface area is 92.1 Å². The summed E-state index contributed by atoms with van der Waals surface area (Å²) in [6.07, 6.45) is 7.23. The van der Waals surface area contributed by atoms with Crippen molar-refractivity contribution in [3.63, 3.8) is 0 Å². The first-order valence-electron chi connectivity index (χ1n) is 4.26. The molecule has 14 heavy (non-hydrogen) atoms. The highest BCUT2D eigenvalue weighted by Crippen LogP contribution is 2.26. The fourth-order valence-electron chi connectivity index (χ4n) is 1.000. The highest BCUT2D eigenvalue weighted by Gasteiger charge is 2.04. The number of hydrogen-bond donors (Lipinski definition) is 1. The first kappa shape index (κ1) is 11.2. The molecule has 1 aromatic heterocycles. The van der Waals surface area contributed by atoms with Gasteiger partial charge in [-0.05, 0) is 22.9 Å². The summed E-state index contributed by atoms with van der Waals surface area (Å²) in [5.74, 6) is 0.733. The average Bonchev–Trinajstić information content (AvgIpc) is 2.15. The van der Waals surface area contributed by atoms with Crippen LogP contribution in [0.2, 0.25) is 0 Å². The van der Waals surface area contributed by atoms with E-state index >= 15 is 0 Å². The van der Waals surface area contributed by atoms with Gasteiger partial charge in [-0.15, -0.1) is 0 Å². The summed E-state index contributed by atoms with van der Waals surface area (Å²) in [5.41, 5.74) is 6.58. The summed E-state index contributed by atoms with van der Waals surface area (Å²) in [5, 5.41) is 0. The van der Waals surface area contributed by atoms with Gasteiger partial charge in [-0.2, -0.15) is 0 Å². The second-order valence-electron chi connectivity index (χ2n) is 2.96. The van der Waals surface area contributed by atoms with E-state index in [2.05, 4.69) is 20.9 Å². The van der Waals surface area contributed by atoms with Gasteiger partial charge < -0.3 is 10.5 Å². The second kappa shape index (κ2) is 5.12. The Morgan fingerprint density at radius 1 is 1.57 bits per heavy atom. The third-order valence-corrected chi connectivity index (χ3v) is 2.32. The molecule has 2 N–H and O–H groups in total. The highest BCUT2D eigenvalue weighted by molar-refractivity contribution is 9.10. The minimum Gasteiger partial charge on any atom is -0.494 e. The Morgan fingerprint density at radius 3 is 2.86 bits per heavy atom. The van der Waals surface area contributed by atoms with E-state index in [1.54, 1.807) is 19.5 Å². The lowest BCUT2D eigenvalue weighted by atomic mass is 10.2. The number of pyridine rings is 1. The predicted molar refractivity (Wildman–Crippen MR) is 61.2 cm³/mol. The van der Waals surface area contributed by atoms with E-state index in [1.165, 1.54) is 0 Å². The van der Waals surface area contributed by atoms with Crippen molar-refractivity contribution in [3.05, 3.63) is 28.5 Å². The van der Waals surface area contributed by atoms with E-state index in [4.69, 9.17) is 10.5 Å². The van der Waals surface area contributed by atoms with E-state index < -0.39 is 0 Å². The summed E-state index contributed by atoms with van der Waals surface area (Å²) in [6, 6.07) is 0.0276. The van der Waals surface area contributed by atoms with Crippen molar-refractivity contribution in [1.82, 2.24) is 4.98 Å². The lowest BCUT2D eigenvalue weighted by molar-refractivity contribution is 0.411. The second-order valence-corrected chi connectivity index (χ2v) is 3.81. The average molecular weight is 257 g/mol. The van der Waals surface area contributed by atoms with Crippen LogP contribution in [0.15, 0.2) is 22.9 Å². The molecule has 0 aliphatic rings. The molecule has 1 heterocycles. The third kappa shape index (κ3) is 2.82. The molecule has 0 fully saturated rings. The number of halogens is 1. The van der Waals surface area contributed by atoms with E-state index in [9.17, 15) is 0 Å². The zero-order valence-corrected chi connectivity index (χ0v) is 9.78. The number of hydrogen-bond acceptors (Lipinski definition) is 3. The summed E-state index contributed by atoms with van der Waals surface area (Å²) in [4.78, 5) is 4.01. The molecule has 1 rings (SSSR count). The van der Waals surface area contributed by atoms with Crippen LogP contribution in [0.3, 0.4) is 0 Å². The molecular weight excluding hydrogens is 244 g/mol. The van der Waals surface area contributed by atoms with E-state index in [1.807, 2.05) is 19.1 Å². The largest absolute Gasteiger partial charge is 0.494 e. The predicted octanol–water partition coefficient (Wildman–Crippen LogP) is 2.21. The summed E-state index contributed by atoms with van der Waals surface area (Å²) < 4.78 is 6.07. The van der Waals surface area contributed by atoms with Gasteiger partial charge in [0.1, 0.15) is 5.75 Å². The van der Waals surface area contributed by atoms with Gasteiger partial charge in [-0.25, -0.2) is 0 Å². The summed E-state index contributed by atoms with van der Waals surface area (Å²) in [6.45, 7) is 1.91. The van der Waals surface area contributed by atoms with Crippen molar-refractivity contribution in [1.29, 1.82) is 0 Å². The van der Waals surface area contributed by atoms with Crippen LogP contribution in [0.1, 0.15) is 12.5 Å². The van der Waals surface area contributed by atoms with Crippen molar-refractivity contribution in [2.45, 2.75) is 13.0 Å². The standard InChI is InChI=1S/C10H13BrN2O/c1-7(12)3-4-8-9(11)5-13-6-10(8)14-2/h3-7H,12H2,1-2H3/b4-3+. The van der Waals surface area contributed by atoms with Gasteiger partial charge in [-0.1, -0.05) is 12.2 Å². The minimum absolute atomic E-state index is 0.0276. The molecule has 76 valence electrons. The van der Waals surface area contributed by atoms with Crippen LogP contribution in [0.4, 0.5) is 0 Å². The molecule has 0 aliphatic heterocycles. The van der Waals surface area contributed by atoms with Gasteiger partial charge in [0.25, 0.3) is 0 Å². The van der Waals surface area contributed by atoms with Crippen LogP contribution >= 0.6 is 15.9 Å². The fourth-order valence-corrected chi connectivity index (χ4v) is 1.45. The molecular formula is C10H13BrN2O. The van der Waals surface area contributed by atoms with Crippen LogP contribution in [0.25, 0.3) is 6.08 Å². The van der Waals surface area contributed by atoms with Crippen molar-refractivity contribution < 1.29 is 4.74 Å². The zero-order chi connectivity index (χ0) is 10.6. The van der Waals surface area contributed by atoms with E-state index in [-0.39, 0.29) is 6.04 Å². The third-order valence-electron chi connectivity index (χ3n) is 1.69. The molecule has 4 heteroatoms. The molecule has 0 aromatic carbocycles. The first-order chi connectivity index (χ1) is 6.65. The smallest absolute Gasteiger partial charge is 0.145 e. The quantitative estimate of drug-likeness (QED) is 0.903. The van der Waals surface area contributed by atoms with Gasteiger partial charge in [-0.3, -0.25) is 4.98 Å². The Kier molecular flexibility index (Phi) is 4.10. The Hall–Kier alpha value is -0.870. The number of rotatable bonds is 3. The SMILES string of the molecule is COc1cncc(Br)c1/C=C/C(C)N. The molecule has 3 nitrogen and oxygen atoms in total. The lowest BCUT2D eigenvalue weighted by Crippen LogP contribution is -2.10.